The topological polar surface area (TPSA) is 96.2 Å². The first-order chi connectivity index (χ1) is 23.8. The third kappa shape index (κ3) is 14.8. The molecule has 0 radical (unpaired) electrons. The van der Waals surface area contributed by atoms with Gasteiger partial charge < -0.3 is 20.5 Å². The summed E-state index contributed by atoms with van der Waals surface area (Å²) in [6, 6.07) is 15.5. The van der Waals surface area contributed by atoms with Gasteiger partial charge in [0.2, 0.25) is 7.71 Å². The normalized spacial score (nSPS) is 12.0. The molecule has 0 aliphatic heterocycles. The van der Waals surface area contributed by atoms with Crippen LogP contribution in [-0.2, 0) is 11.2 Å². The van der Waals surface area contributed by atoms with Gasteiger partial charge in [-0.25, -0.2) is 4.79 Å². The number of pyridine rings is 1. The third-order valence-corrected chi connectivity index (χ3v) is 13.4. The average molecular weight is 710 g/mol. The van der Waals surface area contributed by atoms with Crippen molar-refractivity contribution in [2.24, 2.45) is 0 Å². The van der Waals surface area contributed by atoms with Crippen molar-refractivity contribution in [2.75, 3.05) is 58.8 Å². The summed E-state index contributed by atoms with van der Waals surface area (Å²) < 4.78 is 18.5. The molecule has 1 amide bonds. The molecule has 3 N–H and O–H groups in total. The Bertz CT molecular complexity index is 1380. The van der Waals surface area contributed by atoms with Gasteiger partial charge in [-0.05, 0) is 116 Å². The summed E-state index contributed by atoms with van der Waals surface area (Å²) in [4.78, 5) is 15.9. The molecular weight excluding hydrogens is 643 g/mol. The van der Waals surface area contributed by atoms with E-state index in [-0.39, 0.29) is 6.04 Å². The molecular formula is C40H66N6O3P+. The maximum Gasteiger partial charge on any atom is 0.407 e. The number of carbonyl (C=O) groups is 1. The number of terminal acetylenes is 1. The summed E-state index contributed by atoms with van der Waals surface area (Å²) in [5.41, 5.74) is 7.00. The van der Waals surface area contributed by atoms with E-state index in [0.717, 1.165) is 67.0 Å². The maximum absolute atomic E-state index is 11.9. The number of rotatable bonds is 15. The van der Waals surface area contributed by atoms with Crippen LogP contribution in [0.3, 0.4) is 0 Å². The molecule has 3 rings (SSSR count). The van der Waals surface area contributed by atoms with Gasteiger partial charge in [-0.3, -0.25) is 4.98 Å². The molecule has 278 valence electrons. The number of fused-ring (bicyclic) bond motifs is 1. The van der Waals surface area contributed by atoms with Gasteiger partial charge in [-0.15, -0.1) is 26.4 Å². The van der Waals surface area contributed by atoms with Crippen LogP contribution in [0.4, 0.5) is 10.5 Å². The van der Waals surface area contributed by atoms with Gasteiger partial charge in [0.05, 0.1) is 13.8 Å². The van der Waals surface area contributed by atoms with Crippen LogP contribution in [-0.4, -0.2) is 89.8 Å². The van der Waals surface area contributed by atoms with E-state index in [4.69, 9.17) is 21.6 Å². The van der Waals surface area contributed by atoms with E-state index >= 15 is 0 Å². The lowest BCUT2D eigenvalue weighted by Gasteiger charge is -2.44. The van der Waals surface area contributed by atoms with Crippen molar-refractivity contribution in [2.45, 2.75) is 93.2 Å². The number of ether oxygens (including phenoxy) is 2. The summed E-state index contributed by atoms with van der Waals surface area (Å²) in [5.74, 6) is 3.42. The van der Waals surface area contributed by atoms with Crippen molar-refractivity contribution >= 4 is 30.3 Å². The first-order valence-electron chi connectivity index (χ1n) is 18.0. The number of hydrogen-bond donors (Lipinski definition) is 2. The minimum absolute atomic E-state index is 0.0562. The van der Waals surface area contributed by atoms with E-state index in [2.05, 4.69) is 78.4 Å². The van der Waals surface area contributed by atoms with Gasteiger partial charge in [0.25, 0.3) is 0 Å². The quantitative estimate of drug-likeness (QED) is 0.0919. The molecule has 0 saturated heterocycles. The van der Waals surface area contributed by atoms with E-state index in [9.17, 15) is 4.79 Å². The number of amides is 1. The number of nitrogens with zero attached hydrogens (tertiary/aromatic N) is 4. The van der Waals surface area contributed by atoms with Crippen molar-refractivity contribution in [1.29, 1.82) is 0 Å². The van der Waals surface area contributed by atoms with Crippen molar-refractivity contribution in [1.82, 2.24) is 24.3 Å². The second kappa shape index (κ2) is 23.1. The highest BCUT2D eigenvalue weighted by molar-refractivity contribution is 7.68. The molecule has 2 aromatic carbocycles. The molecule has 0 aliphatic rings. The number of nitrogens with one attached hydrogen (secondary N) is 1. The van der Waals surface area contributed by atoms with Crippen LogP contribution in [0, 0.1) is 12.3 Å². The molecule has 1 atom stereocenters. The highest BCUT2D eigenvalue weighted by Gasteiger charge is 2.48. The Morgan fingerprint density at radius 1 is 0.900 bits per heavy atom. The first-order valence-corrected chi connectivity index (χ1v) is 20.1. The van der Waals surface area contributed by atoms with Gasteiger partial charge in [0, 0.05) is 75.2 Å². The minimum atomic E-state index is -1.30. The second-order valence-electron chi connectivity index (χ2n) is 12.9. The third-order valence-electron chi connectivity index (χ3n) is 8.46. The standard InChI is InChI=1S/C18H25NO3.C13H33N3P.C9H8N2/c1-6-7-8-15(19-17(20)22-18(2,3)4)13-14-9-11-16(21-5)12-10-14;1-8-14(9-2)17(7,15(10-3)11-4)16(12-5)13-6;10-9-2-1-8-6-11-4-3-7(8)5-9/h1,9-12,15H,7-8,13H2,2-5H3,(H,19,20);8-13H2,1-7H3;1-6H,10H2/q;+1;/t15-;;/m1../s1. The fourth-order valence-electron chi connectivity index (χ4n) is 5.92. The van der Waals surface area contributed by atoms with Gasteiger partial charge in [-0.2, -0.15) is 0 Å². The molecule has 50 heavy (non-hydrogen) atoms. The van der Waals surface area contributed by atoms with E-state index in [1.54, 1.807) is 13.3 Å². The van der Waals surface area contributed by atoms with E-state index < -0.39 is 19.4 Å². The molecule has 1 aromatic heterocycles. The second-order valence-corrected chi connectivity index (χ2v) is 16.3. The molecule has 9 nitrogen and oxygen atoms in total. The molecule has 1 heterocycles. The number of nitrogens with two attached hydrogens (primary N) is 1. The number of carbonyl (C=O) groups excluding carboxylic acids is 1. The summed E-state index contributed by atoms with van der Waals surface area (Å²) >= 11 is 0. The number of hydrogen-bond acceptors (Lipinski definition) is 8. The number of methoxy groups -OCH3 is 1. The van der Waals surface area contributed by atoms with Crippen molar-refractivity contribution in [3.05, 3.63) is 66.5 Å². The number of anilines is 1. The summed E-state index contributed by atoms with van der Waals surface area (Å²) in [7, 11) is 0.334. The predicted octanol–water partition coefficient (Wildman–Crippen LogP) is 8.77. The average Bonchev–Trinajstić information content (AvgIpc) is 3.08. The molecule has 0 spiro atoms. The number of aromatic nitrogens is 1. The van der Waals surface area contributed by atoms with Gasteiger partial charge in [0.1, 0.15) is 11.4 Å². The molecule has 0 bridgehead atoms. The molecule has 3 aromatic rings. The number of nitrogen functional groups attached to an aromatic ring is 1. The zero-order valence-corrected chi connectivity index (χ0v) is 33.7. The maximum atomic E-state index is 11.9. The van der Waals surface area contributed by atoms with Crippen LogP contribution < -0.4 is 15.8 Å². The summed E-state index contributed by atoms with van der Waals surface area (Å²) in [6.07, 6.45) is 10.5. The highest BCUT2D eigenvalue weighted by atomic mass is 31.2. The Morgan fingerprint density at radius 2 is 1.44 bits per heavy atom. The van der Waals surface area contributed by atoms with Crippen LogP contribution in [0.1, 0.15) is 80.7 Å². The van der Waals surface area contributed by atoms with Gasteiger partial charge >= 0.3 is 6.09 Å². The number of alkyl carbamates (subject to hydrolysis) is 1. The van der Waals surface area contributed by atoms with Crippen LogP contribution in [0.2, 0.25) is 0 Å². The molecule has 0 unspecified atom stereocenters. The Labute approximate surface area is 304 Å². The van der Waals surface area contributed by atoms with Crippen molar-refractivity contribution in [3.63, 3.8) is 0 Å². The first kappa shape index (κ1) is 44.6. The van der Waals surface area contributed by atoms with Crippen molar-refractivity contribution < 1.29 is 14.3 Å². The van der Waals surface area contributed by atoms with E-state index in [0.29, 0.717) is 19.3 Å². The fraction of sp³-hybridized carbons (Fsp3) is 0.550. The lowest BCUT2D eigenvalue weighted by molar-refractivity contribution is 0.0502. The Hall–Kier alpha value is -3.41. The minimum Gasteiger partial charge on any atom is -0.497 e. The van der Waals surface area contributed by atoms with Crippen LogP contribution in [0.25, 0.3) is 10.8 Å². The fourth-order valence-corrected chi connectivity index (χ4v) is 10.2. The summed E-state index contributed by atoms with van der Waals surface area (Å²) in [6.45, 7) is 28.6. The smallest absolute Gasteiger partial charge is 0.407 e. The number of benzene rings is 2. The van der Waals surface area contributed by atoms with E-state index in [1.165, 1.54) is 0 Å². The Balaban J connectivity index is 0.000000395. The lowest BCUT2D eigenvalue weighted by atomic mass is 10.0. The molecule has 10 heteroatoms. The Kier molecular flexibility index (Phi) is 20.6. The predicted molar refractivity (Wildman–Crippen MR) is 216 cm³/mol. The SMILES string of the molecule is C#CCC[C@H](Cc1ccc(OC)cc1)NC(=O)OC(C)(C)C.CCN(CC)[P+](C)(N(CC)CC)N(CC)CC.Nc1ccc2cnccc2c1. The largest absolute Gasteiger partial charge is 0.497 e. The van der Waals surface area contributed by atoms with Crippen LogP contribution in [0.5, 0.6) is 5.75 Å². The summed E-state index contributed by atoms with van der Waals surface area (Å²) in [5, 5.41) is 5.16. The van der Waals surface area contributed by atoms with E-state index in [1.807, 2.05) is 75.5 Å². The van der Waals surface area contributed by atoms with Crippen LogP contribution >= 0.6 is 7.71 Å². The Morgan fingerprint density at radius 3 is 1.90 bits per heavy atom. The van der Waals surface area contributed by atoms with Gasteiger partial charge in [-0.1, -0.05) is 18.2 Å². The molecule has 0 saturated carbocycles. The van der Waals surface area contributed by atoms with Crippen molar-refractivity contribution in [3.8, 4) is 18.1 Å². The zero-order chi connectivity index (χ0) is 37.7. The monoisotopic (exact) mass is 709 g/mol. The zero-order valence-electron chi connectivity index (χ0n) is 32.8. The van der Waals surface area contributed by atoms with Crippen LogP contribution in [0.15, 0.2) is 60.9 Å². The molecule has 0 fully saturated rings. The van der Waals surface area contributed by atoms with Gasteiger partial charge in [0.15, 0.2) is 0 Å². The lowest BCUT2D eigenvalue weighted by Crippen LogP contribution is -2.44. The molecule has 0 aliphatic carbocycles. The highest BCUT2D eigenvalue weighted by Crippen LogP contribution is 2.63.